The maximum Gasteiger partial charge on any atom is 0.0663 e. The average Bonchev–Trinajstić information content (AvgIpc) is 2.51. The van der Waals surface area contributed by atoms with E-state index in [2.05, 4.69) is 36.6 Å². The molecule has 2 rings (SSSR count). The van der Waals surface area contributed by atoms with E-state index in [9.17, 15) is 0 Å². The predicted molar refractivity (Wildman–Crippen MR) is 55.5 cm³/mol. The van der Waals surface area contributed by atoms with Gasteiger partial charge >= 0.3 is 0 Å². The number of hydrogen-bond acceptors (Lipinski definition) is 2. The van der Waals surface area contributed by atoms with Gasteiger partial charge in [0.25, 0.3) is 0 Å². The van der Waals surface area contributed by atoms with Crippen molar-refractivity contribution < 1.29 is 4.74 Å². The van der Waals surface area contributed by atoms with E-state index >= 15 is 0 Å². The quantitative estimate of drug-likeness (QED) is 0.681. The van der Waals surface area contributed by atoms with Gasteiger partial charge in [-0.05, 0) is 12.5 Å². The lowest BCUT2D eigenvalue weighted by Crippen LogP contribution is -2.24. The van der Waals surface area contributed by atoms with Gasteiger partial charge in [-0.1, -0.05) is 20.8 Å². The van der Waals surface area contributed by atoms with E-state index in [1.165, 1.54) is 11.4 Å². The molecule has 0 bridgehead atoms. The molecule has 0 aliphatic carbocycles. The van der Waals surface area contributed by atoms with Crippen molar-refractivity contribution in [2.45, 2.75) is 39.2 Å². The second-order valence-corrected chi connectivity index (χ2v) is 4.53. The molecule has 0 radical (unpaired) electrons. The van der Waals surface area contributed by atoms with Gasteiger partial charge in [0.1, 0.15) is 0 Å². The van der Waals surface area contributed by atoms with Crippen LogP contribution in [0.25, 0.3) is 0 Å². The van der Waals surface area contributed by atoms with Crippen LogP contribution in [0.3, 0.4) is 0 Å². The Morgan fingerprint density at radius 2 is 2.36 bits per heavy atom. The number of nitrogens with zero attached hydrogens (tertiary/aromatic N) is 2. The zero-order chi connectivity index (χ0) is 10.2. The first kappa shape index (κ1) is 9.71. The van der Waals surface area contributed by atoms with E-state index in [1.807, 2.05) is 0 Å². The van der Waals surface area contributed by atoms with Crippen molar-refractivity contribution in [3.05, 3.63) is 17.5 Å². The van der Waals surface area contributed by atoms with Crippen LogP contribution in [-0.4, -0.2) is 23.0 Å². The van der Waals surface area contributed by atoms with Crippen molar-refractivity contribution >= 4 is 0 Å². The Hall–Kier alpha value is -0.830. The Morgan fingerprint density at radius 1 is 1.57 bits per heavy atom. The summed E-state index contributed by atoms with van der Waals surface area (Å²) >= 11 is 0. The SMILES string of the molecule is CCc1cc2n(n1)CCOCC2(C)C. The molecular formula is C11H18N2O. The molecule has 2 heterocycles. The average molecular weight is 194 g/mol. The summed E-state index contributed by atoms with van der Waals surface area (Å²) in [6.07, 6.45) is 1.01. The second-order valence-electron chi connectivity index (χ2n) is 4.53. The van der Waals surface area contributed by atoms with Crippen molar-refractivity contribution in [1.82, 2.24) is 9.78 Å². The van der Waals surface area contributed by atoms with Gasteiger partial charge in [-0.25, -0.2) is 0 Å². The third kappa shape index (κ3) is 1.57. The Balaban J connectivity index is 2.43. The van der Waals surface area contributed by atoms with Crippen molar-refractivity contribution in [2.75, 3.05) is 13.2 Å². The van der Waals surface area contributed by atoms with Gasteiger partial charge in [-0.2, -0.15) is 5.10 Å². The van der Waals surface area contributed by atoms with Crippen LogP contribution >= 0.6 is 0 Å². The first-order valence-corrected chi connectivity index (χ1v) is 5.28. The molecule has 1 aliphatic heterocycles. The van der Waals surface area contributed by atoms with Crippen molar-refractivity contribution in [1.29, 1.82) is 0 Å². The van der Waals surface area contributed by atoms with Gasteiger partial charge in [0, 0.05) is 11.1 Å². The highest BCUT2D eigenvalue weighted by Crippen LogP contribution is 2.26. The molecule has 0 spiro atoms. The van der Waals surface area contributed by atoms with Gasteiger partial charge in [-0.3, -0.25) is 4.68 Å². The highest BCUT2D eigenvalue weighted by molar-refractivity contribution is 5.19. The molecule has 0 saturated heterocycles. The van der Waals surface area contributed by atoms with E-state index in [4.69, 9.17) is 4.74 Å². The largest absolute Gasteiger partial charge is 0.379 e. The van der Waals surface area contributed by atoms with Crippen LogP contribution in [0.4, 0.5) is 0 Å². The molecule has 3 nitrogen and oxygen atoms in total. The van der Waals surface area contributed by atoms with Crippen LogP contribution in [0.1, 0.15) is 32.2 Å². The van der Waals surface area contributed by atoms with Gasteiger partial charge in [0.05, 0.1) is 25.5 Å². The molecule has 14 heavy (non-hydrogen) atoms. The van der Waals surface area contributed by atoms with E-state index in [0.717, 1.165) is 26.2 Å². The van der Waals surface area contributed by atoms with Gasteiger partial charge in [0.2, 0.25) is 0 Å². The fourth-order valence-electron chi connectivity index (χ4n) is 1.91. The minimum Gasteiger partial charge on any atom is -0.379 e. The van der Waals surface area contributed by atoms with Gasteiger partial charge in [-0.15, -0.1) is 0 Å². The molecule has 0 fully saturated rings. The summed E-state index contributed by atoms with van der Waals surface area (Å²) in [6, 6.07) is 2.22. The molecular weight excluding hydrogens is 176 g/mol. The number of hydrogen-bond donors (Lipinski definition) is 0. The summed E-state index contributed by atoms with van der Waals surface area (Å²) in [5.41, 5.74) is 2.60. The number of aryl methyl sites for hydroxylation is 1. The zero-order valence-corrected chi connectivity index (χ0v) is 9.21. The van der Waals surface area contributed by atoms with E-state index in [1.54, 1.807) is 0 Å². The molecule has 78 valence electrons. The number of ether oxygens (including phenoxy) is 1. The Bertz CT molecular complexity index is 328. The topological polar surface area (TPSA) is 27.1 Å². The highest BCUT2D eigenvalue weighted by Gasteiger charge is 2.28. The normalized spacial score (nSPS) is 20.2. The van der Waals surface area contributed by atoms with Crippen LogP contribution in [0.2, 0.25) is 0 Å². The standard InChI is InChI=1S/C11H18N2O/c1-4-9-7-10-11(2,3)8-14-6-5-13(10)12-9/h7H,4-6,8H2,1-3H3. The predicted octanol–water partition coefficient (Wildman–Crippen LogP) is 1.75. The molecule has 0 unspecified atom stereocenters. The first-order chi connectivity index (χ1) is 6.63. The molecule has 0 atom stereocenters. The van der Waals surface area contributed by atoms with E-state index in [0.29, 0.717) is 0 Å². The highest BCUT2D eigenvalue weighted by atomic mass is 16.5. The molecule has 0 amide bonds. The molecule has 0 aromatic carbocycles. The summed E-state index contributed by atoms with van der Waals surface area (Å²) in [6.45, 7) is 9.03. The number of fused-ring (bicyclic) bond motifs is 1. The lowest BCUT2D eigenvalue weighted by Gasteiger charge is -2.21. The van der Waals surface area contributed by atoms with Crippen molar-refractivity contribution in [2.24, 2.45) is 0 Å². The summed E-state index contributed by atoms with van der Waals surface area (Å²) in [5.74, 6) is 0. The smallest absolute Gasteiger partial charge is 0.0663 e. The Kier molecular flexibility index (Phi) is 2.35. The maximum atomic E-state index is 5.56. The van der Waals surface area contributed by atoms with Gasteiger partial charge < -0.3 is 4.74 Å². The Labute approximate surface area is 85.1 Å². The van der Waals surface area contributed by atoms with Crippen LogP contribution < -0.4 is 0 Å². The second kappa shape index (κ2) is 3.39. The maximum absolute atomic E-state index is 5.56. The summed E-state index contributed by atoms with van der Waals surface area (Å²) in [4.78, 5) is 0. The number of rotatable bonds is 1. The summed E-state index contributed by atoms with van der Waals surface area (Å²) in [5, 5.41) is 4.56. The van der Waals surface area contributed by atoms with E-state index in [-0.39, 0.29) is 5.41 Å². The van der Waals surface area contributed by atoms with Crippen LogP contribution in [0.15, 0.2) is 6.07 Å². The third-order valence-corrected chi connectivity index (χ3v) is 2.80. The lowest BCUT2D eigenvalue weighted by atomic mass is 9.90. The van der Waals surface area contributed by atoms with E-state index < -0.39 is 0 Å². The van der Waals surface area contributed by atoms with Crippen LogP contribution in [0.5, 0.6) is 0 Å². The Morgan fingerprint density at radius 3 is 3.07 bits per heavy atom. The molecule has 3 heteroatoms. The summed E-state index contributed by atoms with van der Waals surface area (Å²) in [7, 11) is 0. The molecule has 1 aromatic rings. The van der Waals surface area contributed by atoms with Crippen LogP contribution in [-0.2, 0) is 23.1 Å². The minimum absolute atomic E-state index is 0.0942. The molecule has 1 aliphatic rings. The monoisotopic (exact) mass is 194 g/mol. The van der Waals surface area contributed by atoms with Crippen molar-refractivity contribution in [3.63, 3.8) is 0 Å². The van der Waals surface area contributed by atoms with Crippen molar-refractivity contribution in [3.8, 4) is 0 Å². The first-order valence-electron chi connectivity index (χ1n) is 5.28. The fourth-order valence-corrected chi connectivity index (χ4v) is 1.91. The molecule has 0 N–H and O–H groups in total. The third-order valence-electron chi connectivity index (χ3n) is 2.80. The van der Waals surface area contributed by atoms with Gasteiger partial charge in [0.15, 0.2) is 0 Å². The molecule has 1 aromatic heterocycles. The molecule has 0 saturated carbocycles. The minimum atomic E-state index is 0.0942. The zero-order valence-electron chi connectivity index (χ0n) is 9.21. The number of aromatic nitrogens is 2. The fraction of sp³-hybridized carbons (Fsp3) is 0.727. The lowest BCUT2D eigenvalue weighted by molar-refractivity contribution is 0.103. The summed E-state index contributed by atoms with van der Waals surface area (Å²) < 4.78 is 7.67. The van der Waals surface area contributed by atoms with Crippen LogP contribution in [0, 0.1) is 0 Å².